The summed E-state index contributed by atoms with van der Waals surface area (Å²) in [6.07, 6.45) is 5.51. The number of carbonyl (C=O) groups excluding carboxylic acids is 3. The van der Waals surface area contributed by atoms with Crippen molar-refractivity contribution in [2.45, 2.75) is 43.8 Å². The summed E-state index contributed by atoms with van der Waals surface area (Å²) in [4.78, 5) is 38.7. The molecular weight excluding hydrogens is 332 g/mol. The smallest absolute Gasteiger partial charge is 0.262 e. The van der Waals surface area contributed by atoms with E-state index >= 15 is 0 Å². The minimum atomic E-state index is -0.453. The van der Waals surface area contributed by atoms with Crippen molar-refractivity contribution in [2.75, 3.05) is 12.3 Å². The maximum atomic E-state index is 12.7. The molecule has 5 aliphatic rings. The van der Waals surface area contributed by atoms with Crippen LogP contribution in [0.25, 0.3) is 0 Å². The molecule has 3 aliphatic heterocycles. The molecule has 3 amide bonds. The molecule has 3 heterocycles. The minimum absolute atomic E-state index is 0.254. The lowest BCUT2D eigenvalue weighted by atomic mass is 9.62. The van der Waals surface area contributed by atoms with Crippen LogP contribution in [-0.2, 0) is 4.79 Å². The molecule has 2 aliphatic carbocycles. The van der Waals surface area contributed by atoms with Crippen LogP contribution in [0.3, 0.4) is 0 Å². The Morgan fingerprint density at radius 2 is 1.85 bits per heavy atom. The predicted octanol–water partition coefficient (Wildman–Crippen LogP) is 0.859. The number of imide groups is 1. The number of fused-ring (bicyclic) bond motifs is 1. The summed E-state index contributed by atoms with van der Waals surface area (Å²) >= 11 is 0. The third kappa shape index (κ3) is 2.34. The fraction of sp³-hybridized carbons (Fsp3) is 0.526. The number of carbonyl (C=O) groups is 3. The molecule has 4 atom stereocenters. The molecule has 0 radical (unpaired) electrons. The standard InChI is InChI=1S/C19H22N4O3/c20-12-1-2-14-15(6-12)18(26)23(17(14)25)9-16(24)22-19-7-10-3-11(8-19)5-13(4-10)21-19/h1-2,6,10-11,13,21H,3-5,7-9,20H2,(H,22,24)/t10-,11+,13?,19?. The van der Waals surface area contributed by atoms with Crippen molar-refractivity contribution in [1.29, 1.82) is 0 Å². The molecule has 1 aromatic rings. The number of nitrogens with two attached hydrogens (primary N) is 1. The molecule has 0 aromatic heterocycles. The highest BCUT2D eigenvalue weighted by molar-refractivity contribution is 6.22. The van der Waals surface area contributed by atoms with Gasteiger partial charge in [-0.1, -0.05) is 0 Å². The van der Waals surface area contributed by atoms with Gasteiger partial charge in [-0.3, -0.25) is 24.6 Å². The SMILES string of the molecule is Nc1ccc2c(c1)C(=O)N(CC(=O)NC13C[C@@H]4CC(C[C@@H](C4)C1)N3)C2=O. The quantitative estimate of drug-likeness (QED) is 0.552. The van der Waals surface area contributed by atoms with Gasteiger partial charge >= 0.3 is 0 Å². The highest BCUT2D eigenvalue weighted by Crippen LogP contribution is 2.48. The summed E-state index contributed by atoms with van der Waals surface area (Å²) in [7, 11) is 0. The Balaban J connectivity index is 1.31. The summed E-state index contributed by atoms with van der Waals surface area (Å²) in [6.45, 7) is -0.254. The van der Waals surface area contributed by atoms with Crippen LogP contribution < -0.4 is 16.4 Å². The van der Waals surface area contributed by atoms with E-state index < -0.39 is 11.8 Å². The van der Waals surface area contributed by atoms with Crippen molar-refractivity contribution in [3.8, 4) is 0 Å². The lowest BCUT2D eigenvalue weighted by Gasteiger charge is -2.57. The summed E-state index contributed by atoms with van der Waals surface area (Å²) in [5.74, 6) is 0.152. The number of nitrogen functional groups attached to an aromatic ring is 1. The zero-order chi connectivity index (χ0) is 18.1. The molecule has 7 heteroatoms. The molecule has 4 fully saturated rings. The van der Waals surface area contributed by atoms with E-state index in [0.29, 0.717) is 29.1 Å². The monoisotopic (exact) mass is 354 g/mol. The Labute approximate surface area is 151 Å². The highest BCUT2D eigenvalue weighted by Gasteiger charge is 2.51. The van der Waals surface area contributed by atoms with Crippen LogP contribution >= 0.6 is 0 Å². The number of rotatable bonds is 3. The summed E-state index contributed by atoms with van der Waals surface area (Å²) < 4.78 is 0. The number of benzene rings is 1. The second-order valence-corrected chi connectivity index (χ2v) is 8.32. The molecule has 1 aromatic carbocycles. The van der Waals surface area contributed by atoms with Crippen LogP contribution in [0.4, 0.5) is 5.69 Å². The first-order valence-corrected chi connectivity index (χ1v) is 9.27. The Bertz CT molecular complexity index is 799. The maximum Gasteiger partial charge on any atom is 0.262 e. The minimum Gasteiger partial charge on any atom is -0.399 e. The van der Waals surface area contributed by atoms with Crippen LogP contribution in [0, 0.1) is 11.8 Å². The average molecular weight is 354 g/mol. The summed E-state index contributed by atoms with van der Waals surface area (Å²) in [5, 5.41) is 6.70. The number of nitrogens with one attached hydrogen (secondary N) is 2. The zero-order valence-corrected chi connectivity index (χ0v) is 14.5. The van der Waals surface area contributed by atoms with Gasteiger partial charge in [-0.2, -0.15) is 0 Å². The van der Waals surface area contributed by atoms with E-state index in [2.05, 4.69) is 10.6 Å². The fourth-order valence-corrected chi connectivity index (χ4v) is 5.63. The van der Waals surface area contributed by atoms with E-state index in [1.807, 2.05) is 0 Å². The van der Waals surface area contributed by atoms with Gasteiger partial charge < -0.3 is 11.1 Å². The van der Waals surface area contributed by atoms with Gasteiger partial charge in [-0.05, 0) is 62.1 Å². The Morgan fingerprint density at radius 1 is 1.15 bits per heavy atom. The van der Waals surface area contributed by atoms with Crippen LogP contribution in [0.15, 0.2) is 18.2 Å². The number of amides is 3. The number of nitrogens with zero attached hydrogens (tertiary/aromatic N) is 1. The molecule has 0 spiro atoms. The van der Waals surface area contributed by atoms with E-state index in [1.54, 1.807) is 12.1 Å². The normalized spacial score (nSPS) is 34.3. The van der Waals surface area contributed by atoms with Crippen molar-refractivity contribution < 1.29 is 14.4 Å². The molecule has 2 unspecified atom stereocenters. The third-order valence-electron chi connectivity index (χ3n) is 6.33. The van der Waals surface area contributed by atoms with Crippen LogP contribution in [0.1, 0.15) is 52.8 Å². The predicted molar refractivity (Wildman–Crippen MR) is 94.1 cm³/mol. The molecule has 26 heavy (non-hydrogen) atoms. The van der Waals surface area contributed by atoms with Gasteiger partial charge in [0.1, 0.15) is 6.54 Å². The first-order chi connectivity index (χ1) is 12.4. The first kappa shape index (κ1) is 15.8. The first-order valence-electron chi connectivity index (χ1n) is 9.27. The summed E-state index contributed by atoms with van der Waals surface area (Å²) in [6, 6.07) is 5.11. The van der Waals surface area contributed by atoms with Gasteiger partial charge in [0.05, 0.1) is 16.8 Å². The van der Waals surface area contributed by atoms with Gasteiger partial charge in [-0.15, -0.1) is 0 Å². The van der Waals surface area contributed by atoms with E-state index in [0.717, 1.165) is 17.7 Å². The van der Waals surface area contributed by atoms with E-state index in [9.17, 15) is 14.4 Å². The van der Waals surface area contributed by atoms with Crippen molar-refractivity contribution in [3.63, 3.8) is 0 Å². The van der Waals surface area contributed by atoms with Crippen molar-refractivity contribution >= 4 is 23.4 Å². The van der Waals surface area contributed by atoms with Crippen molar-refractivity contribution in [2.24, 2.45) is 11.8 Å². The lowest BCUT2D eigenvalue weighted by molar-refractivity contribution is -0.127. The van der Waals surface area contributed by atoms with Gasteiger partial charge in [0.2, 0.25) is 5.91 Å². The van der Waals surface area contributed by atoms with E-state index in [-0.39, 0.29) is 23.7 Å². The average Bonchev–Trinajstić information content (AvgIpc) is 2.77. The number of piperidine rings is 2. The van der Waals surface area contributed by atoms with Crippen LogP contribution in [0.5, 0.6) is 0 Å². The lowest BCUT2D eigenvalue weighted by Crippen LogP contribution is -2.71. The van der Waals surface area contributed by atoms with Gasteiger partial charge in [0, 0.05) is 11.7 Å². The number of hydrogen-bond acceptors (Lipinski definition) is 5. The van der Waals surface area contributed by atoms with Gasteiger partial charge in [0.25, 0.3) is 11.8 Å². The van der Waals surface area contributed by atoms with Crippen LogP contribution in [-0.4, -0.2) is 40.9 Å². The Morgan fingerprint density at radius 3 is 2.54 bits per heavy atom. The van der Waals surface area contributed by atoms with Crippen LogP contribution in [0.2, 0.25) is 0 Å². The van der Waals surface area contributed by atoms with E-state index in [1.165, 1.54) is 25.3 Å². The molecule has 4 bridgehead atoms. The Kier molecular flexibility index (Phi) is 3.22. The number of anilines is 1. The zero-order valence-electron chi connectivity index (χ0n) is 14.5. The summed E-state index contributed by atoms with van der Waals surface area (Å²) in [5.41, 5.74) is 6.35. The van der Waals surface area contributed by atoms with Gasteiger partial charge in [0.15, 0.2) is 0 Å². The molecular formula is C19H22N4O3. The van der Waals surface area contributed by atoms with Crippen molar-refractivity contribution in [3.05, 3.63) is 29.3 Å². The fourth-order valence-electron chi connectivity index (χ4n) is 5.63. The highest BCUT2D eigenvalue weighted by atomic mass is 16.2. The largest absolute Gasteiger partial charge is 0.399 e. The third-order valence-corrected chi connectivity index (χ3v) is 6.33. The van der Waals surface area contributed by atoms with Crippen molar-refractivity contribution in [1.82, 2.24) is 15.5 Å². The molecule has 4 N–H and O–H groups in total. The molecule has 2 saturated heterocycles. The topological polar surface area (TPSA) is 105 Å². The Hall–Kier alpha value is -2.41. The molecule has 136 valence electrons. The van der Waals surface area contributed by atoms with Gasteiger partial charge in [-0.25, -0.2) is 0 Å². The maximum absolute atomic E-state index is 12.7. The molecule has 7 nitrogen and oxygen atoms in total. The second kappa shape index (κ2) is 5.30. The molecule has 6 rings (SSSR count). The molecule has 2 saturated carbocycles. The van der Waals surface area contributed by atoms with E-state index in [4.69, 9.17) is 5.73 Å². The number of hydrogen-bond donors (Lipinski definition) is 3. The second-order valence-electron chi connectivity index (χ2n) is 8.32.